The van der Waals surface area contributed by atoms with Gasteiger partial charge in [-0.05, 0) is 12.1 Å². The molecule has 0 saturated heterocycles. The number of carbonyl (C=O) groups is 1. The third-order valence-corrected chi connectivity index (χ3v) is 2.72. The van der Waals surface area contributed by atoms with Gasteiger partial charge in [0.05, 0.1) is 25.5 Å². The van der Waals surface area contributed by atoms with Crippen molar-refractivity contribution in [3.05, 3.63) is 17.7 Å². The fourth-order valence-electron chi connectivity index (χ4n) is 1.95. The van der Waals surface area contributed by atoms with E-state index in [1.54, 1.807) is 0 Å². The Morgan fingerprint density at radius 1 is 1.21 bits per heavy atom. The first-order chi connectivity index (χ1) is 8.88. The highest BCUT2D eigenvalue weighted by Gasteiger charge is 2.47. The third-order valence-electron chi connectivity index (χ3n) is 2.72. The first-order valence-electron chi connectivity index (χ1n) is 5.27. The molecule has 5 nitrogen and oxygen atoms in total. The Balaban J connectivity index is 2.65. The largest absolute Gasteiger partial charge is 0.493 e. The van der Waals surface area contributed by atoms with Crippen LogP contribution in [0.15, 0.2) is 12.1 Å². The number of fused-ring (bicyclic) bond motifs is 1. The van der Waals surface area contributed by atoms with Gasteiger partial charge in [-0.3, -0.25) is 0 Å². The number of alkyl halides is 3. The summed E-state index contributed by atoms with van der Waals surface area (Å²) in [4.78, 5) is 11.2. The number of urea groups is 1. The SMILES string of the molecule is COc1ccc2c(c1OC)C(C(F)(F)F)NC(=O)N2. The molecule has 1 aromatic carbocycles. The Hall–Kier alpha value is -2.12. The maximum absolute atomic E-state index is 13.0. The van der Waals surface area contributed by atoms with Crippen LogP contribution in [0, 0.1) is 0 Å². The maximum Gasteiger partial charge on any atom is 0.413 e. The van der Waals surface area contributed by atoms with Crippen LogP contribution < -0.4 is 20.1 Å². The lowest BCUT2D eigenvalue weighted by Gasteiger charge is -2.30. The molecule has 2 amide bonds. The molecule has 19 heavy (non-hydrogen) atoms. The molecule has 1 unspecified atom stereocenters. The van der Waals surface area contributed by atoms with Gasteiger partial charge in [0.1, 0.15) is 0 Å². The number of carbonyl (C=O) groups excluding carboxylic acids is 1. The highest BCUT2D eigenvalue weighted by Crippen LogP contribution is 2.46. The second-order valence-electron chi connectivity index (χ2n) is 3.84. The normalized spacial score (nSPS) is 18.2. The highest BCUT2D eigenvalue weighted by molar-refractivity contribution is 5.94. The van der Waals surface area contributed by atoms with Gasteiger partial charge in [0.15, 0.2) is 17.5 Å². The van der Waals surface area contributed by atoms with Gasteiger partial charge in [-0.25, -0.2) is 4.79 Å². The second kappa shape index (κ2) is 4.52. The molecule has 0 fully saturated rings. The van der Waals surface area contributed by atoms with E-state index in [9.17, 15) is 18.0 Å². The molecule has 104 valence electrons. The van der Waals surface area contributed by atoms with Crippen LogP contribution in [0.5, 0.6) is 11.5 Å². The van der Waals surface area contributed by atoms with E-state index in [4.69, 9.17) is 9.47 Å². The summed E-state index contributed by atoms with van der Waals surface area (Å²) < 4.78 is 49.0. The molecule has 2 rings (SSSR count). The van der Waals surface area contributed by atoms with E-state index in [-0.39, 0.29) is 22.7 Å². The quantitative estimate of drug-likeness (QED) is 0.872. The molecule has 1 atom stereocenters. The minimum Gasteiger partial charge on any atom is -0.493 e. The van der Waals surface area contributed by atoms with Crippen LogP contribution in [-0.2, 0) is 0 Å². The van der Waals surface area contributed by atoms with Gasteiger partial charge in [0.2, 0.25) is 0 Å². The van der Waals surface area contributed by atoms with Gasteiger partial charge in [0, 0.05) is 0 Å². The van der Waals surface area contributed by atoms with Crippen LogP contribution in [0.2, 0.25) is 0 Å². The smallest absolute Gasteiger partial charge is 0.413 e. The van der Waals surface area contributed by atoms with Gasteiger partial charge in [-0.15, -0.1) is 0 Å². The van der Waals surface area contributed by atoms with Gasteiger partial charge in [0.25, 0.3) is 0 Å². The summed E-state index contributed by atoms with van der Waals surface area (Å²) in [5.74, 6) is 0.100. The van der Waals surface area contributed by atoms with E-state index in [1.807, 2.05) is 5.32 Å². The number of halogens is 3. The summed E-state index contributed by atoms with van der Waals surface area (Å²) in [6.07, 6.45) is -4.63. The molecule has 0 saturated carbocycles. The predicted molar refractivity (Wildman–Crippen MR) is 60.5 cm³/mol. The summed E-state index contributed by atoms with van der Waals surface area (Å²) in [5.41, 5.74) is -0.155. The van der Waals surface area contributed by atoms with Crippen molar-refractivity contribution in [1.29, 1.82) is 0 Å². The number of benzene rings is 1. The van der Waals surface area contributed by atoms with Crippen LogP contribution >= 0.6 is 0 Å². The van der Waals surface area contributed by atoms with Gasteiger partial charge >= 0.3 is 12.2 Å². The minimum atomic E-state index is -4.63. The number of nitrogens with one attached hydrogen (secondary N) is 2. The Morgan fingerprint density at radius 2 is 1.89 bits per heavy atom. The van der Waals surface area contributed by atoms with E-state index < -0.39 is 18.2 Å². The Kier molecular flexibility index (Phi) is 3.17. The van der Waals surface area contributed by atoms with Crippen LogP contribution in [0.3, 0.4) is 0 Å². The van der Waals surface area contributed by atoms with E-state index in [0.29, 0.717) is 0 Å². The average molecular weight is 276 g/mol. The number of hydrogen-bond donors (Lipinski definition) is 2. The number of methoxy groups -OCH3 is 2. The fourth-order valence-corrected chi connectivity index (χ4v) is 1.95. The first-order valence-corrected chi connectivity index (χ1v) is 5.27. The number of ether oxygens (including phenoxy) is 2. The molecule has 0 aromatic heterocycles. The Labute approximate surface area is 106 Å². The molecule has 1 aromatic rings. The van der Waals surface area contributed by atoms with Crippen LogP contribution in [-0.4, -0.2) is 26.4 Å². The fraction of sp³-hybridized carbons (Fsp3) is 0.364. The summed E-state index contributed by atoms with van der Waals surface area (Å²) >= 11 is 0. The van der Waals surface area contributed by atoms with E-state index in [0.717, 1.165) is 0 Å². The number of rotatable bonds is 2. The number of hydrogen-bond acceptors (Lipinski definition) is 3. The monoisotopic (exact) mass is 276 g/mol. The van der Waals surface area contributed by atoms with Crippen LogP contribution in [0.4, 0.5) is 23.7 Å². The summed E-state index contributed by atoms with van der Waals surface area (Å²) in [7, 11) is 2.56. The minimum absolute atomic E-state index is 0.0451. The van der Waals surface area contributed by atoms with Crippen LogP contribution in [0.1, 0.15) is 11.6 Å². The van der Waals surface area contributed by atoms with Gasteiger partial charge in [-0.1, -0.05) is 0 Å². The zero-order chi connectivity index (χ0) is 14.2. The maximum atomic E-state index is 13.0. The van der Waals surface area contributed by atoms with Crippen molar-refractivity contribution in [2.45, 2.75) is 12.2 Å². The molecule has 0 aliphatic carbocycles. The van der Waals surface area contributed by atoms with Crippen molar-refractivity contribution in [1.82, 2.24) is 5.32 Å². The summed E-state index contributed by atoms with van der Waals surface area (Å²) in [6, 6.07) is -0.284. The second-order valence-corrected chi connectivity index (χ2v) is 3.84. The molecule has 8 heteroatoms. The average Bonchev–Trinajstić information content (AvgIpc) is 2.35. The van der Waals surface area contributed by atoms with Crippen LogP contribution in [0.25, 0.3) is 0 Å². The standard InChI is InChI=1S/C11H11F3N2O3/c1-18-6-4-3-5-7(8(6)19-2)9(11(12,13)14)16-10(17)15-5/h3-4,9H,1-2H3,(H2,15,16,17). The molecule has 2 N–H and O–H groups in total. The van der Waals surface area contributed by atoms with E-state index in [1.165, 1.54) is 26.4 Å². The molecular formula is C11H11F3N2O3. The zero-order valence-electron chi connectivity index (χ0n) is 10.1. The van der Waals surface area contributed by atoms with Crippen molar-refractivity contribution in [2.75, 3.05) is 19.5 Å². The molecule has 1 heterocycles. The lowest BCUT2D eigenvalue weighted by Crippen LogP contribution is -2.44. The molecular weight excluding hydrogens is 265 g/mol. The Morgan fingerprint density at radius 3 is 2.42 bits per heavy atom. The summed E-state index contributed by atoms with van der Waals surface area (Å²) in [5, 5.41) is 4.13. The van der Waals surface area contributed by atoms with Crippen molar-refractivity contribution in [3.8, 4) is 11.5 Å². The zero-order valence-corrected chi connectivity index (χ0v) is 10.1. The van der Waals surface area contributed by atoms with E-state index >= 15 is 0 Å². The molecule has 0 radical (unpaired) electrons. The highest BCUT2D eigenvalue weighted by atomic mass is 19.4. The lowest BCUT2D eigenvalue weighted by atomic mass is 10.00. The molecule has 0 spiro atoms. The predicted octanol–water partition coefficient (Wildman–Crippen LogP) is 2.44. The van der Waals surface area contributed by atoms with Crippen molar-refractivity contribution in [2.24, 2.45) is 0 Å². The number of anilines is 1. The number of amides is 2. The van der Waals surface area contributed by atoms with Gasteiger partial charge in [-0.2, -0.15) is 13.2 Å². The van der Waals surface area contributed by atoms with Crippen molar-refractivity contribution in [3.63, 3.8) is 0 Å². The topological polar surface area (TPSA) is 59.6 Å². The van der Waals surface area contributed by atoms with Crippen molar-refractivity contribution < 1.29 is 27.4 Å². The van der Waals surface area contributed by atoms with E-state index in [2.05, 4.69) is 5.32 Å². The molecule has 1 aliphatic heterocycles. The molecule has 1 aliphatic rings. The van der Waals surface area contributed by atoms with Crippen molar-refractivity contribution >= 4 is 11.7 Å². The lowest BCUT2D eigenvalue weighted by molar-refractivity contribution is -0.155. The third kappa shape index (κ3) is 2.25. The Bertz CT molecular complexity index is 517. The molecule has 0 bridgehead atoms. The summed E-state index contributed by atoms with van der Waals surface area (Å²) in [6.45, 7) is 0. The first kappa shape index (κ1) is 13.3. The van der Waals surface area contributed by atoms with Gasteiger partial charge < -0.3 is 20.1 Å².